The SMILES string of the molecule is Cc1cnc(C(N)c2ccc3c(c2)CCO3)c(C)c1. The third-order valence-corrected chi connectivity index (χ3v) is 3.62. The number of pyridine rings is 1. The average Bonchev–Trinajstić information content (AvgIpc) is 2.85. The molecule has 0 saturated heterocycles. The summed E-state index contributed by atoms with van der Waals surface area (Å²) in [4.78, 5) is 4.49. The highest BCUT2D eigenvalue weighted by atomic mass is 16.5. The predicted molar refractivity (Wildman–Crippen MR) is 75.4 cm³/mol. The molecule has 3 heteroatoms. The summed E-state index contributed by atoms with van der Waals surface area (Å²) in [6.45, 7) is 4.88. The van der Waals surface area contributed by atoms with E-state index in [9.17, 15) is 0 Å². The van der Waals surface area contributed by atoms with E-state index in [1.54, 1.807) is 0 Å². The number of rotatable bonds is 2. The minimum atomic E-state index is -0.175. The van der Waals surface area contributed by atoms with Gasteiger partial charge in [0.2, 0.25) is 0 Å². The van der Waals surface area contributed by atoms with Crippen molar-refractivity contribution in [3.8, 4) is 5.75 Å². The van der Waals surface area contributed by atoms with Gasteiger partial charge in [-0.25, -0.2) is 0 Å². The predicted octanol–water partition coefficient (Wildman–Crippen LogP) is 2.68. The molecule has 98 valence electrons. The highest BCUT2D eigenvalue weighted by molar-refractivity contribution is 5.43. The second-order valence-corrected chi connectivity index (χ2v) is 5.16. The number of nitrogens with two attached hydrogens (primary N) is 1. The van der Waals surface area contributed by atoms with Crippen LogP contribution in [-0.2, 0) is 6.42 Å². The Morgan fingerprint density at radius 2 is 2.11 bits per heavy atom. The van der Waals surface area contributed by atoms with Crippen molar-refractivity contribution in [1.82, 2.24) is 4.98 Å². The van der Waals surface area contributed by atoms with E-state index in [1.165, 1.54) is 5.56 Å². The minimum absolute atomic E-state index is 0.175. The van der Waals surface area contributed by atoms with E-state index in [0.29, 0.717) is 0 Å². The summed E-state index contributed by atoms with van der Waals surface area (Å²) in [5, 5.41) is 0. The van der Waals surface area contributed by atoms with Crippen LogP contribution in [0.3, 0.4) is 0 Å². The minimum Gasteiger partial charge on any atom is -0.493 e. The quantitative estimate of drug-likeness (QED) is 0.896. The number of hydrogen-bond acceptors (Lipinski definition) is 3. The van der Waals surface area contributed by atoms with Gasteiger partial charge in [-0.1, -0.05) is 18.2 Å². The van der Waals surface area contributed by atoms with Gasteiger partial charge in [0.05, 0.1) is 18.3 Å². The Morgan fingerprint density at radius 3 is 2.89 bits per heavy atom. The Bertz CT molecular complexity index is 622. The largest absolute Gasteiger partial charge is 0.493 e. The number of benzene rings is 1. The van der Waals surface area contributed by atoms with Gasteiger partial charge in [-0.2, -0.15) is 0 Å². The van der Waals surface area contributed by atoms with E-state index >= 15 is 0 Å². The maximum atomic E-state index is 6.36. The van der Waals surface area contributed by atoms with E-state index in [-0.39, 0.29) is 6.04 Å². The van der Waals surface area contributed by atoms with Crippen molar-refractivity contribution in [3.05, 3.63) is 58.4 Å². The summed E-state index contributed by atoms with van der Waals surface area (Å²) in [5.74, 6) is 0.990. The maximum Gasteiger partial charge on any atom is 0.122 e. The Balaban J connectivity index is 1.97. The summed E-state index contributed by atoms with van der Waals surface area (Å²) in [5.41, 5.74) is 12.0. The van der Waals surface area contributed by atoms with Crippen molar-refractivity contribution in [2.45, 2.75) is 26.3 Å². The number of nitrogens with zero attached hydrogens (tertiary/aromatic N) is 1. The Labute approximate surface area is 113 Å². The first-order valence-corrected chi connectivity index (χ1v) is 6.59. The summed E-state index contributed by atoms with van der Waals surface area (Å²) in [7, 11) is 0. The smallest absolute Gasteiger partial charge is 0.122 e. The van der Waals surface area contributed by atoms with Gasteiger partial charge in [0.15, 0.2) is 0 Å². The van der Waals surface area contributed by atoms with Gasteiger partial charge >= 0.3 is 0 Å². The lowest BCUT2D eigenvalue weighted by molar-refractivity contribution is 0.357. The summed E-state index contributed by atoms with van der Waals surface area (Å²) < 4.78 is 5.52. The van der Waals surface area contributed by atoms with Gasteiger partial charge in [0.1, 0.15) is 5.75 Å². The number of aromatic nitrogens is 1. The lowest BCUT2D eigenvalue weighted by Gasteiger charge is -2.15. The van der Waals surface area contributed by atoms with Crippen LogP contribution in [0, 0.1) is 13.8 Å². The first kappa shape index (κ1) is 12.2. The van der Waals surface area contributed by atoms with Gasteiger partial charge in [-0.05, 0) is 42.2 Å². The van der Waals surface area contributed by atoms with Crippen LogP contribution >= 0.6 is 0 Å². The molecule has 0 fully saturated rings. The average molecular weight is 254 g/mol. The molecule has 0 saturated carbocycles. The van der Waals surface area contributed by atoms with Crippen molar-refractivity contribution < 1.29 is 4.74 Å². The highest BCUT2D eigenvalue weighted by Gasteiger charge is 2.17. The van der Waals surface area contributed by atoms with Gasteiger partial charge in [-0.3, -0.25) is 4.98 Å². The fraction of sp³-hybridized carbons (Fsp3) is 0.312. The van der Waals surface area contributed by atoms with Crippen LogP contribution in [0.5, 0.6) is 5.75 Å². The number of hydrogen-bond donors (Lipinski definition) is 1. The van der Waals surface area contributed by atoms with E-state index in [2.05, 4.69) is 24.0 Å². The molecule has 1 aliphatic rings. The molecule has 2 aromatic rings. The van der Waals surface area contributed by atoms with Gasteiger partial charge in [0.25, 0.3) is 0 Å². The van der Waals surface area contributed by atoms with Crippen LogP contribution in [0.4, 0.5) is 0 Å². The van der Waals surface area contributed by atoms with Crippen LogP contribution in [0.25, 0.3) is 0 Å². The molecule has 3 rings (SSSR count). The van der Waals surface area contributed by atoms with Crippen molar-refractivity contribution >= 4 is 0 Å². The molecular formula is C16H18N2O. The molecule has 0 spiro atoms. The molecule has 0 aliphatic carbocycles. The Hall–Kier alpha value is -1.87. The zero-order valence-electron chi connectivity index (χ0n) is 11.3. The van der Waals surface area contributed by atoms with E-state index < -0.39 is 0 Å². The molecule has 1 unspecified atom stereocenters. The summed E-state index contributed by atoms with van der Waals surface area (Å²) in [6.07, 6.45) is 2.84. The molecule has 0 bridgehead atoms. The topological polar surface area (TPSA) is 48.1 Å². The van der Waals surface area contributed by atoms with Gasteiger partial charge in [0, 0.05) is 12.6 Å². The standard InChI is InChI=1S/C16H18N2O/c1-10-7-11(2)16(18-9-10)15(17)13-3-4-14-12(8-13)5-6-19-14/h3-4,7-9,15H,5-6,17H2,1-2H3. The summed E-state index contributed by atoms with van der Waals surface area (Å²) in [6, 6.07) is 8.15. The van der Waals surface area contributed by atoms with Crippen LogP contribution in [0.2, 0.25) is 0 Å². The lowest BCUT2D eigenvalue weighted by Crippen LogP contribution is -2.15. The lowest BCUT2D eigenvalue weighted by atomic mass is 9.98. The normalized spacial score (nSPS) is 14.9. The molecule has 1 atom stereocenters. The first-order valence-electron chi connectivity index (χ1n) is 6.59. The van der Waals surface area contributed by atoms with Crippen LogP contribution < -0.4 is 10.5 Å². The molecule has 0 amide bonds. The Kier molecular flexibility index (Phi) is 2.99. The van der Waals surface area contributed by atoms with Crippen LogP contribution in [-0.4, -0.2) is 11.6 Å². The van der Waals surface area contributed by atoms with Gasteiger partial charge < -0.3 is 10.5 Å². The zero-order valence-corrected chi connectivity index (χ0v) is 11.3. The highest BCUT2D eigenvalue weighted by Crippen LogP contribution is 2.29. The molecule has 19 heavy (non-hydrogen) atoms. The molecular weight excluding hydrogens is 236 g/mol. The van der Waals surface area contributed by atoms with E-state index in [1.807, 2.05) is 25.3 Å². The molecule has 1 aromatic carbocycles. The summed E-state index contributed by atoms with van der Waals surface area (Å²) >= 11 is 0. The van der Waals surface area contributed by atoms with Gasteiger partial charge in [-0.15, -0.1) is 0 Å². The number of fused-ring (bicyclic) bond motifs is 1. The molecule has 1 aromatic heterocycles. The number of aryl methyl sites for hydroxylation is 2. The third kappa shape index (κ3) is 2.22. The zero-order chi connectivity index (χ0) is 13.4. The molecule has 2 N–H and O–H groups in total. The Morgan fingerprint density at radius 1 is 1.26 bits per heavy atom. The first-order chi connectivity index (χ1) is 9.15. The molecule has 0 radical (unpaired) electrons. The van der Waals surface area contributed by atoms with Crippen LogP contribution in [0.1, 0.15) is 34.0 Å². The number of ether oxygens (including phenoxy) is 1. The van der Waals surface area contributed by atoms with Crippen LogP contribution in [0.15, 0.2) is 30.5 Å². The van der Waals surface area contributed by atoms with E-state index in [0.717, 1.165) is 41.2 Å². The van der Waals surface area contributed by atoms with Crippen molar-refractivity contribution in [3.63, 3.8) is 0 Å². The second-order valence-electron chi connectivity index (χ2n) is 5.16. The van der Waals surface area contributed by atoms with Crippen molar-refractivity contribution in [2.75, 3.05) is 6.61 Å². The maximum absolute atomic E-state index is 6.36. The van der Waals surface area contributed by atoms with Crippen molar-refractivity contribution in [1.29, 1.82) is 0 Å². The fourth-order valence-electron chi connectivity index (χ4n) is 2.61. The van der Waals surface area contributed by atoms with Crippen molar-refractivity contribution in [2.24, 2.45) is 5.73 Å². The second kappa shape index (κ2) is 4.67. The monoisotopic (exact) mass is 254 g/mol. The molecule has 1 aliphatic heterocycles. The van der Waals surface area contributed by atoms with E-state index in [4.69, 9.17) is 10.5 Å². The third-order valence-electron chi connectivity index (χ3n) is 3.62. The molecule has 2 heterocycles. The molecule has 3 nitrogen and oxygen atoms in total. The fourth-order valence-corrected chi connectivity index (χ4v) is 2.61.